The molecular weight excluding hydrogens is 386 g/mol. The molecule has 2 aromatic rings. The molecule has 0 atom stereocenters. The van der Waals surface area contributed by atoms with Gasteiger partial charge in [0.25, 0.3) is 0 Å². The Morgan fingerprint density at radius 1 is 1.24 bits per heavy atom. The number of thiophene rings is 1. The Morgan fingerprint density at radius 2 is 1.93 bits per heavy atom. The number of fused-ring (bicyclic) bond motifs is 1. The first-order chi connectivity index (χ1) is 13.7. The van der Waals surface area contributed by atoms with Crippen LogP contribution >= 0.6 is 11.3 Å². The smallest absolute Gasteiger partial charge is 0.239 e. The molecule has 0 spiro atoms. The number of aromatic nitrogens is 2. The minimum absolute atomic E-state index is 0.0103. The first kappa shape index (κ1) is 21.9. The number of aryl methyl sites for hydroxylation is 2. The van der Waals surface area contributed by atoms with E-state index in [1.807, 2.05) is 20.8 Å². The molecule has 160 valence electrons. The maximum Gasteiger partial charge on any atom is 0.239 e. The molecule has 7 nitrogen and oxygen atoms in total. The van der Waals surface area contributed by atoms with Crippen LogP contribution in [-0.2, 0) is 16.1 Å². The molecule has 1 aliphatic rings. The zero-order valence-electron chi connectivity index (χ0n) is 18.5. The first-order valence-electron chi connectivity index (χ1n) is 10.4. The summed E-state index contributed by atoms with van der Waals surface area (Å²) < 4.78 is 5.48. The van der Waals surface area contributed by atoms with Gasteiger partial charge < -0.3 is 19.9 Å². The molecule has 8 heteroatoms. The van der Waals surface area contributed by atoms with Crippen molar-refractivity contribution < 1.29 is 14.4 Å². The lowest BCUT2D eigenvalue weighted by atomic mass is 10.1. The molecule has 0 bridgehead atoms. The second-order valence-electron chi connectivity index (χ2n) is 8.78. The fraction of sp³-hybridized carbons (Fsp3) is 0.667. The van der Waals surface area contributed by atoms with Crippen molar-refractivity contribution in [3.8, 4) is 0 Å². The van der Waals surface area contributed by atoms with Crippen LogP contribution in [-0.4, -0.2) is 60.8 Å². The van der Waals surface area contributed by atoms with E-state index in [4.69, 9.17) is 14.7 Å². The summed E-state index contributed by atoms with van der Waals surface area (Å²) in [7, 11) is 0. The molecule has 2 N–H and O–H groups in total. The summed E-state index contributed by atoms with van der Waals surface area (Å²) in [6.45, 7) is 17.6. The summed E-state index contributed by atoms with van der Waals surface area (Å²) in [6.07, 6.45) is 0. The number of nitrogens with one attached hydrogen (secondary N) is 2. The van der Waals surface area contributed by atoms with Crippen LogP contribution in [0.1, 0.15) is 44.0 Å². The molecule has 1 fully saturated rings. The number of quaternary nitrogens is 1. The topological polar surface area (TPSA) is 71.8 Å². The van der Waals surface area contributed by atoms with Crippen molar-refractivity contribution in [1.29, 1.82) is 0 Å². The standard InChI is InChI=1S/C21H33N5O2S/c1-7-26(13-17(27)24-21(4,5)6)19-18-14(2)15(3)29-20(18)23-16(22-19)12-25-8-10-28-11-9-25/h7-13H2,1-6H3,(H,24,27)/p+1. The fourth-order valence-electron chi connectivity index (χ4n) is 3.61. The Kier molecular flexibility index (Phi) is 6.76. The molecule has 0 saturated carbocycles. The van der Waals surface area contributed by atoms with E-state index >= 15 is 0 Å². The van der Waals surface area contributed by atoms with E-state index in [0.717, 1.165) is 54.7 Å². The van der Waals surface area contributed by atoms with Gasteiger partial charge in [0.15, 0.2) is 5.82 Å². The van der Waals surface area contributed by atoms with Crippen LogP contribution < -0.4 is 15.1 Å². The molecule has 3 rings (SSSR count). The molecule has 0 unspecified atom stereocenters. The average molecular weight is 421 g/mol. The normalized spacial score (nSPS) is 15.7. The Labute approximate surface area is 177 Å². The van der Waals surface area contributed by atoms with E-state index in [1.54, 1.807) is 11.3 Å². The number of likely N-dealkylation sites (N-methyl/N-ethyl adjacent to an activating group) is 1. The highest BCUT2D eigenvalue weighted by Gasteiger charge is 2.24. The van der Waals surface area contributed by atoms with Gasteiger partial charge in [0.1, 0.15) is 30.3 Å². The second kappa shape index (κ2) is 8.93. The Morgan fingerprint density at radius 3 is 2.55 bits per heavy atom. The highest BCUT2D eigenvalue weighted by molar-refractivity contribution is 7.18. The largest absolute Gasteiger partial charge is 0.370 e. The van der Waals surface area contributed by atoms with E-state index in [-0.39, 0.29) is 18.0 Å². The Hall–Kier alpha value is -1.77. The van der Waals surface area contributed by atoms with Crippen LogP contribution in [0.3, 0.4) is 0 Å². The molecular formula is C21H34N5O2S+. The van der Waals surface area contributed by atoms with Gasteiger partial charge in [0.05, 0.1) is 25.1 Å². The number of nitrogens with zero attached hydrogens (tertiary/aromatic N) is 3. The number of ether oxygens (including phenoxy) is 1. The average Bonchev–Trinajstić information content (AvgIpc) is 2.92. The Balaban J connectivity index is 1.95. The van der Waals surface area contributed by atoms with Gasteiger partial charge in [0, 0.05) is 17.0 Å². The van der Waals surface area contributed by atoms with Crippen LogP contribution in [0.15, 0.2) is 0 Å². The maximum atomic E-state index is 12.6. The van der Waals surface area contributed by atoms with Gasteiger partial charge in [-0.25, -0.2) is 9.97 Å². The molecule has 1 amide bonds. The van der Waals surface area contributed by atoms with E-state index in [1.165, 1.54) is 15.3 Å². The van der Waals surface area contributed by atoms with Crippen molar-refractivity contribution in [3.05, 3.63) is 16.3 Å². The summed E-state index contributed by atoms with van der Waals surface area (Å²) in [4.78, 5) is 28.3. The van der Waals surface area contributed by atoms with Gasteiger partial charge in [-0.2, -0.15) is 0 Å². The van der Waals surface area contributed by atoms with E-state index in [0.29, 0.717) is 6.54 Å². The number of hydrogen-bond acceptors (Lipinski definition) is 6. The first-order valence-corrected chi connectivity index (χ1v) is 11.2. The fourth-order valence-corrected chi connectivity index (χ4v) is 4.65. The number of amides is 1. The lowest BCUT2D eigenvalue weighted by Crippen LogP contribution is -3.12. The van der Waals surface area contributed by atoms with E-state index in [2.05, 4.69) is 31.0 Å². The summed E-state index contributed by atoms with van der Waals surface area (Å²) in [5.41, 5.74) is 0.956. The van der Waals surface area contributed by atoms with Crippen molar-refractivity contribution in [1.82, 2.24) is 15.3 Å². The number of carbonyl (C=O) groups excluding carboxylic acids is 1. The van der Waals surface area contributed by atoms with Crippen LogP contribution in [0.4, 0.5) is 5.82 Å². The predicted molar refractivity (Wildman–Crippen MR) is 118 cm³/mol. The number of morpholine rings is 1. The Bertz CT molecular complexity index is 868. The van der Waals surface area contributed by atoms with Crippen LogP contribution in [0.2, 0.25) is 0 Å². The molecule has 2 aromatic heterocycles. The monoisotopic (exact) mass is 420 g/mol. The number of hydrogen-bond donors (Lipinski definition) is 2. The summed E-state index contributed by atoms with van der Waals surface area (Å²) in [5.74, 6) is 1.74. The molecule has 0 aromatic carbocycles. The van der Waals surface area contributed by atoms with Gasteiger partial charge in [-0.05, 0) is 47.1 Å². The van der Waals surface area contributed by atoms with Crippen molar-refractivity contribution in [2.45, 2.75) is 53.6 Å². The number of carbonyl (C=O) groups is 1. The van der Waals surface area contributed by atoms with Crippen molar-refractivity contribution in [2.24, 2.45) is 0 Å². The quantitative estimate of drug-likeness (QED) is 0.740. The van der Waals surface area contributed by atoms with Gasteiger partial charge in [-0.15, -0.1) is 11.3 Å². The second-order valence-corrected chi connectivity index (χ2v) is 9.98. The highest BCUT2D eigenvalue weighted by atomic mass is 32.1. The van der Waals surface area contributed by atoms with E-state index < -0.39 is 0 Å². The summed E-state index contributed by atoms with van der Waals surface area (Å²) in [6, 6.07) is 0. The maximum absolute atomic E-state index is 12.6. The molecule has 29 heavy (non-hydrogen) atoms. The minimum Gasteiger partial charge on any atom is -0.370 e. The molecule has 1 aliphatic heterocycles. The van der Waals surface area contributed by atoms with Crippen LogP contribution in [0, 0.1) is 13.8 Å². The third-order valence-electron chi connectivity index (χ3n) is 5.19. The van der Waals surface area contributed by atoms with Crippen molar-refractivity contribution in [2.75, 3.05) is 44.3 Å². The van der Waals surface area contributed by atoms with Gasteiger partial charge in [-0.3, -0.25) is 4.79 Å². The van der Waals surface area contributed by atoms with Crippen LogP contribution in [0.25, 0.3) is 10.2 Å². The lowest BCUT2D eigenvalue weighted by molar-refractivity contribution is -0.922. The molecule has 0 radical (unpaired) electrons. The van der Waals surface area contributed by atoms with E-state index in [9.17, 15) is 4.79 Å². The molecule has 1 saturated heterocycles. The lowest BCUT2D eigenvalue weighted by Gasteiger charge is -2.27. The molecule has 0 aliphatic carbocycles. The van der Waals surface area contributed by atoms with Gasteiger partial charge >= 0.3 is 0 Å². The van der Waals surface area contributed by atoms with Gasteiger partial charge in [0.2, 0.25) is 5.91 Å². The number of anilines is 1. The molecule has 3 heterocycles. The predicted octanol–water partition coefficient (Wildman–Crippen LogP) is 1.46. The SMILES string of the molecule is CCN(CC(=O)NC(C)(C)C)c1nc(C[NH+]2CCOCC2)nc2sc(C)c(C)c12. The minimum atomic E-state index is -0.253. The third-order valence-corrected chi connectivity index (χ3v) is 6.30. The van der Waals surface area contributed by atoms with Gasteiger partial charge in [-0.1, -0.05) is 0 Å². The van der Waals surface area contributed by atoms with Crippen LogP contribution in [0.5, 0.6) is 0 Å². The number of rotatable bonds is 6. The summed E-state index contributed by atoms with van der Waals surface area (Å²) >= 11 is 1.71. The third kappa shape index (κ3) is 5.43. The van der Waals surface area contributed by atoms with Crippen molar-refractivity contribution in [3.63, 3.8) is 0 Å². The zero-order chi connectivity index (χ0) is 21.2. The summed E-state index contributed by atoms with van der Waals surface area (Å²) in [5, 5.41) is 4.14. The zero-order valence-corrected chi connectivity index (χ0v) is 19.3. The highest BCUT2D eigenvalue weighted by Crippen LogP contribution is 2.34. The van der Waals surface area contributed by atoms with Crippen molar-refractivity contribution >= 4 is 33.3 Å².